The lowest BCUT2D eigenvalue weighted by Crippen LogP contribution is -2.03. The van der Waals surface area contributed by atoms with Crippen molar-refractivity contribution in [3.63, 3.8) is 0 Å². The van der Waals surface area contributed by atoms with E-state index in [1.807, 2.05) is 6.07 Å². The quantitative estimate of drug-likeness (QED) is 0.534. The molecule has 1 saturated carbocycles. The SMILES string of the molecule is Ic1cc(I)nc(C2CCCC2)n1. The molecule has 2 nitrogen and oxygen atoms in total. The van der Waals surface area contributed by atoms with E-state index >= 15 is 0 Å². The van der Waals surface area contributed by atoms with Gasteiger partial charge < -0.3 is 0 Å². The Morgan fingerprint density at radius 2 is 1.62 bits per heavy atom. The second kappa shape index (κ2) is 4.37. The van der Waals surface area contributed by atoms with Gasteiger partial charge in [-0.3, -0.25) is 0 Å². The minimum absolute atomic E-state index is 0.628. The van der Waals surface area contributed by atoms with E-state index in [1.165, 1.54) is 25.7 Å². The van der Waals surface area contributed by atoms with Crippen LogP contribution >= 0.6 is 45.2 Å². The van der Waals surface area contributed by atoms with Crippen molar-refractivity contribution in [2.45, 2.75) is 31.6 Å². The van der Waals surface area contributed by atoms with E-state index in [1.54, 1.807) is 0 Å². The third-order valence-electron chi connectivity index (χ3n) is 2.40. The molecule has 0 atom stereocenters. The van der Waals surface area contributed by atoms with Crippen LogP contribution in [0.25, 0.3) is 0 Å². The Hall–Kier alpha value is 0.540. The summed E-state index contributed by atoms with van der Waals surface area (Å²) >= 11 is 4.52. The van der Waals surface area contributed by atoms with Crippen LogP contribution in [-0.2, 0) is 0 Å². The molecule has 0 unspecified atom stereocenters. The fourth-order valence-corrected chi connectivity index (χ4v) is 3.45. The molecule has 70 valence electrons. The number of aromatic nitrogens is 2. The molecule has 0 bridgehead atoms. The lowest BCUT2D eigenvalue weighted by Gasteiger charge is -2.07. The molecule has 13 heavy (non-hydrogen) atoms. The summed E-state index contributed by atoms with van der Waals surface area (Å²) in [5, 5.41) is 0. The molecule has 0 aromatic carbocycles. The van der Waals surface area contributed by atoms with Gasteiger partial charge in [0.15, 0.2) is 0 Å². The fourth-order valence-electron chi connectivity index (χ4n) is 1.77. The van der Waals surface area contributed by atoms with E-state index in [0.717, 1.165) is 13.2 Å². The van der Waals surface area contributed by atoms with Gasteiger partial charge in [-0.25, -0.2) is 9.97 Å². The first-order valence-corrected chi connectivity index (χ1v) is 6.61. The average Bonchev–Trinajstić information content (AvgIpc) is 2.53. The second-order valence-electron chi connectivity index (χ2n) is 3.35. The molecule has 1 fully saturated rings. The number of nitrogens with zero attached hydrogens (tertiary/aromatic N) is 2. The first-order chi connectivity index (χ1) is 6.25. The summed E-state index contributed by atoms with van der Waals surface area (Å²) in [7, 11) is 0. The van der Waals surface area contributed by atoms with Crippen molar-refractivity contribution >= 4 is 45.2 Å². The van der Waals surface area contributed by atoms with Gasteiger partial charge in [-0.1, -0.05) is 12.8 Å². The van der Waals surface area contributed by atoms with Gasteiger partial charge in [0.05, 0.1) is 0 Å². The Morgan fingerprint density at radius 1 is 1.08 bits per heavy atom. The van der Waals surface area contributed by atoms with Crippen molar-refractivity contribution in [2.75, 3.05) is 0 Å². The summed E-state index contributed by atoms with van der Waals surface area (Å²) in [5.74, 6) is 1.69. The maximum absolute atomic E-state index is 4.49. The summed E-state index contributed by atoms with van der Waals surface area (Å²) < 4.78 is 2.14. The molecule has 0 N–H and O–H groups in total. The standard InChI is InChI=1S/C9H10I2N2/c10-7-5-8(11)13-9(12-7)6-3-1-2-4-6/h5-6H,1-4H2. The lowest BCUT2D eigenvalue weighted by atomic mass is 10.1. The minimum atomic E-state index is 0.628. The highest BCUT2D eigenvalue weighted by Gasteiger charge is 2.20. The average molecular weight is 400 g/mol. The Balaban J connectivity index is 2.28. The zero-order valence-electron chi connectivity index (χ0n) is 7.13. The Kier molecular flexibility index (Phi) is 3.39. The molecule has 1 aliphatic carbocycles. The molecule has 1 aromatic rings. The molecular formula is C9H10I2N2. The van der Waals surface area contributed by atoms with Crippen LogP contribution in [-0.4, -0.2) is 9.97 Å². The number of halogens is 2. The van der Waals surface area contributed by atoms with Crippen LogP contribution in [0.3, 0.4) is 0 Å². The highest BCUT2D eigenvalue weighted by atomic mass is 127. The lowest BCUT2D eigenvalue weighted by molar-refractivity contribution is 0.661. The summed E-state index contributed by atoms with van der Waals surface area (Å²) in [5.41, 5.74) is 0. The van der Waals surface area contributed by atoms with E-state index < -0.39 is 0 Å². The maximum Gasteiger partial charge on any atom is 0.133 e. The van der Waals surface area contributed by atoms with Gasteiger partial charge in [0.25, 0.3) is 0 Å². The topological polar surface area (TPSA) is 25.8 Å². The molecule has 0 saturated heterocycles. The molecular weight excluding hydrogens is 390 g/mol. The van der Waals surface area contributed by atoms with Gasteiger partial charge >= 0.3 is 0 Å². The first kappa shape index (κ1) is 10.1. The highest BCUT2D eigenvalue weighted by Crippen LogP contribution is 2.32. The Bertz CT molecular complexity index is 288. The summed E-state index contributed by atoms with van der Waals surface area (Å²) in [6.45, 7) is 0. The van der Waals surface area contributed by atoms with Crippen molar-refractivity contribution < 1.29 is 0 Å². The van der Waals surface area contributed by atoms with Crippen molar-refractivity contribution in [2.24, 2.45) is 0 Å². The van der Waals surface area contributed by atoms with E-state index in [0.29, 0.717) is 5.92 Å². The van der Waals surface area contributed by atoms with Crippen LogP contribution in [0, 0.1) is 7.40 Å². The van der Waals surface area contributed by atoms with Crippen molar-refractivity contribution in [1.82, 2.24) is 9.97 Å². The fraction of sp³-hybridized carbons (Fsp3) is 0.556. The van der Waals surface area contributed by atoms with Crippen LogP contribution < -0.4 is 0 Å². The van der Waals surface area contributed by atoms with Crippen molar-refractivity contribution in [1.29, 1.82) is 0 Å². The van der Waals surface area contributed by atoms with E-state index in [2.05, 4.69) is 55.1 Å². The molecule has 0 radical (unpaired) electrons. The van der Waals surface area contributed by atoms with Crippen LogP contribution in [0.2, 0.25) is 0 Å². The molecule has 0 amide bonds. The van der Waals surface area contributed by atoms with Gasteiger partial charge in [-0.15, -0.1) is 0 Å². The van der Waals surface area contributed by atoms with E-state index in [-0.39, 0.29) is 0 Å². The van der Waals surface area contributed by atoms with Crippen LogP contribution in [0.4, 0.5) is 0 Å². The summed E-state index contributed by atoms with van der Waals surface area (Å²) in [4.78, 5) is 8.97. The molecule has 1 aliphatic rings. The molecule has 0 aliphatic heterocycles. The van der Waals surface area contributed by atoms with Gasteiger partial charge in [-0.05, 0) is 58.0 Å². The summed E-state index contributed by atoms with van der Waals surface area (Å²) in [6.07, 6.45) is 5.23. The smallest absolute Gasteiger partial charge is 0.133 e. The van der Waals surface area contributed by atoms with Gasteiger partial charge in [0.2, 0.25) is 0 Å². The monoisotopic (exact) mass is 400 g/mol. The third kappa shape index (κ3) is 2.51. The number of hydrogen-bond donors (Lipinski definition) is 0. The first-order valence-electron chi connectivity index (χ1n) is 4.45. The highest BCUT2D eigenvalue weighted by molar-refractivity contribution is 14.1. The van der Waals surface area contributed by atoms with Crippen LogP contribution in [0.5, 0.6) is 0 Å². The van der Waals surface area contributed by atoms with Gasteiger partial charge in [0, 0.05) is 12.0 Å². The third-order valence-corrected chi connectivity index (χ3v) is 3.51. The zero-order chi connectivity index (χ0) is 9.26. The molecule has 0 spiro atoms. The van der Waals surface area contributed by atoms with Gasteiger partial charge in [-0.2, -0.15) is 0 Å². The minimum Gasteiger partial charge on any atom is -0.227 e. The van der Waals surface area contributed by atoms with Crippen molar-refractivity contribution in [3.8, 4) is 0 Å². The predicted molar refractivity (Wildman–Crippen MR) is 68.7 cm³/mol. The van der Waals surface area contributed by atoms with E-state index in [9.17, 15) is 0 Å². The Morgan fingerprint density at radius 3 is 2.15 bits per heavy atom. The summed E-state index contributed by atoms with van der Waals surface area (Å²) in [6, 6.07) is 2.01. The second-order valence-corrected chi connectivity index (χ2v) is 5.56. The number of hydrogen-bond acceptors (Lipinski definition) is 2. The van der Waals surface area contributed by atoms with Gasteiger partial charge in [0.1, 0.15) is 13.2 Å². The predicted octanol–water partition coefficient (Wildman–Crippen LogP) is 3.34. The van der Waals surface area contributed by atoms with Crippen LogP contribution in [0.15, 0.2) is 6.07 Å². The van der Waals surface area contributed by atoms with E-state index in [4.69, 9.17) is 0 Å². The number of rotatable bonds is 1. The molecule has 4 heteroatoms. The molecule has 2 rings (SSSR count). The largest absolute Gasteiger partial charge is 0.227 e. The van der Waals surface area contributed by atoms with Crippen LogP contribution in [0.1, 0.15) is 37.4 Å². The molecule has 1 heterocycles. The zero-order valence-corrected chi connectivity index (χ0v) is 11.4. The van der Waals surface area contributed by atoms with Crippen molar-refractivity contribution in [3.05, 3.63) is 19.3 Å². The molecule has 1 aromatic heterocycles. The normalized spacial score (nSPS) is 18.0. The Labute approximate surface area is 105 Å². The maximum atomic E-state index is 4.49.